The highest BCUT2D eigenvalue weighted by Gasteiger charge is 2.18. The second-order valence-corrected chi connectivity index (χ2v) is 16.7. The van der Waals surface area contributed by atoms with Crippen molar-refractivity contribution >= 4 is 53.3 Å². The summed E-state index contributed by atoms with van der Waals surface area (Å²) in [7, 11) is 0. The van der Waals surface area contributed by atoms with E-state index >= 15 is 0 Å². The SMILES string of the molecule is c1ccc(-c2ccc(-c3ccc4sc5c(-c6ccc(-c7nc(-c8ccccc8)nc(-c8ccc9c%10ccccc%10n(-c%10ccccc%10)c9c8)n7)cc6)cccc5c4c3)cc2)cc1. The summed E-state index contributed by atoms with van der Waals surface area (Å²) >= 11 is 1.85. The number of benzene rings is 9. The van der Waals surface area contributed by atoms with Gasteiger partial charge in [0.05, 0.1) is 11.0 Å². The van der Waals surface area contributed by atoms with Crippen molar-refractivity contribution in [3.8, 4) is 73.2 Å². The first-order chi connectivity index (χ1) is 30.7. The van der Waals surface area contributed by atoms with Crippen LogP contribution in [0.15, 0.2) is 218 Å². The molecular formula is C57H36N4S. The molecule has 0 saturated carbocycles. The van der Waals surface area contributed by atoms with Crippen LogP contribution in [-0.2, 0) is 0 Å². The van der Waals surface area contributed by atoms with Crippen molar-refractivity contribution in [1.29, 1.82) is 0 Å². The zero-order valence-electron chi connectivity index (χ0n) is 33.5. The molecule has 0 unspecified atom stereocenters. The minimum absolute atomic E-state index is 0.631. The Morgan fingerprint density at radius 1 is 0.306 bits per heavy atom. The van der Waals surface area contributed by atoms with Crippen LogP contribution in [0.1, 0.15) is 0 Å². The van der Waals surface area contributed by atoms with Crippen LogP contribution in [0.4, 0.5) is 0 Å². The zero-order chi connectivity index (χ0) is 41.0. The summed E-state index contributed by atoms with van der Waals surface area (Å²) in [6.07, 6.45) is 0. The van der Waals surface area contributed by atoms with Gasteiger partial charge in [-0.05, 0) is 69.8 Å². The molecule has 12 rings (SSSR count). The van der Waals surface area contributed by atoms with E-state index in [9.17, 15) is 0 Å². The Labute approximate surface area is 362 Å². The van der Waals surface area contributed by atoms with E-state index in [1.54, 1.807) is 0 Å². The highest BCUT2D eigenvalue weighted by atomic mass is 32.1. The Kier molecular flexibility index (Phi) is 8.65. The fourth-order valence-electron chi connectivity index (χ4n) is 8.81. The topological polar surface area (TPSA) is 43.6 Å². The summed E-state index contributed by atoms with van der Waals surface area (Å²) in [6.45, 7) is 0. The molecule has 0 atom stereocenters. The molecule has 3 heterocycles. The van der Waals surface area contributed by atoms with Crippen molar-refractivity contribution in [2.24, 2.45) is 0 Å². The van der Waals surface area contributed by atoms with Crippen molar-refractivity contribution in [3.05, 3.63) is 218 Å². The molecule has 0 fully saturated rings. The minimum Gasteiger partial charge on any atom is -0.309 e. The Balaban J connectivity index is 0.920. The number of rotatable bonds is 7. The number of fused-ring (bicyclic) bond motifs is 6. The van der Waals surface area contributed by atoms with Gasteiger partial charge in [-0.1, -0.05) is 182 Å². The summed E-state index contributed by atoms with van der Waals surface area (Å²) in [6, 6.07) is 77.5. The largest absolute Gasteiger partial charge is 0.309 e. The maximum absolute atomic E-state index is 5.17. The smallest absolute Gasteiger partial charge is 0.164 e. The van der Waals surface area contributed by atoms with E-state index < -0.39 is 0 Å². The molecule has 0 aliphatic carbocycles. The second kappa shape index (κ2) is 14.9. The minimum atomic E-state index is 0.631. The number of hydrogen-bond acceptors (Lipinski definition) is 4. The lowest BCUT2D eigenvalue weighted by Crippen LogP contribution is -2.00. The first-order valence-corrected chi connectivity index (χ1v) is 21.7. The molecule has 0 radical (unpaired) electrons. The number of thiophene rings is 1. The standard InChI is InChI=1S/C57H36N4S/c1-4-13-37(14-5-1)38-23-25-39(26-24-38)43-32-34-53-50(35-43)49-21-12-20-46(54(49)62-53)40-27-29-42(30-28-40)56-58-55(41-15-6-2-7-16-41)59-57(60-56)44-31-33-48-47-19-10-11-22-51(47)61(52(48)36-44)45-17-8-3-9-18-45/h1-36H. The fourth-order valence-corrected chi connectivity index (χ4v) is 10.0. The van der Waals surface area contributed by atoms with E-state index in [1.807, 2.05) is 29.5 Å². The van der Waals surface area contributed by atoms with Crippen LogP contribution in [0, 0.1) is 0 Å². The number of para-hydroxylation sites is 2. The predicted octanol–water partition coefficient (Wildman–Crippen LogP) is 15.3. The average Bonchev–Trinajstić information content (AvgIpc) is 3.90. The van der Waals surface area contributed by atoms with Gasteiger partial charge >= 0.3 is 0 Å². The quantitative estimate of drug-likeness (QED) is 0.161. The summed E-state index contributed by atoms with van der Waals surface area (Å²) < 4.78 is 4.89. The van der Waals surface area contributed by atoms with Gasteiger partial charge in [-0.25, -0.2) is 15.0 Å². The Bertz CT molecular complexity index is 3590. The van der Waals surface area contributed by atoms with Crippen molar-refractivity contribution in [2.75, 3.05) is 0 Å². The van der Waals surface area contributed by atoms with Crippen molar-refractivity contribution in [2.45, 2.75) is 0 Å². The lowest BCUT2D eigenvalue weighted by atomic mass is 9.98. The number of hydrogen-bond donors (Lipinski definition) is 0. The lowest BCUT2D eigenvalue weighted by Gasteiger charge is -2.11. The van der Waals surface area contributed by atoms with E-state index in [0.29, 0.717) is 17.5 Å². The van der Waals surface area contributed by atoms with Crippen LogP contribution in [0.3, 0.4) is 0 Å². The molecule has 0 bridgehead atoms. The first-order valence-electron chi connectivity index (χ1n) is 20.8. The van der Waals surface area contributed by atoms with Gasteiger partial charge in [0.25, 0.3) is 0 Å². The maximum atomic E-state index is 5.17. The van der Waals surface area contributed by atoms with Crippen molar-refractivity contribution in [3.63, 3.8) is 0 Å². The summed E-state index contributed by atoms with van der Waals surface area (Å²) in [5, 5.41) is 4.94. The molecule has 4 nitrogen and oxygen atoms in total. The molecule has 0 saturated heterocycles. The number of nitrogens with zero attached hydrogens (tertiary/aromatic N) is 4. The summed E-state index contributed by atoms with van der Waals surface area (Å²) in [5.74, 6) is 1.90. The molecule has 290 valence electrons. The molecule has 0 amide bonds. The summed E-state index contributed by atoms with van der Waals surface area (Å²) in [5.41, 5.74) is 13.4. The van der Waals surface area contributed by atoms with Crippen LogP contribution < -0.4 is 0 Å². The monoisotopic (exact) mass is 808 g/mol. The third-order valence-electron chi connectivity index (χ3n) is 11.9. The van der Waals surface area contributed by atoms with Gasteiger partial charge in [0.15, 0.2) is 17.5 Å². The molecule has 62 heavy (non-hydrogen) atoms. The Hall–Kier alpha value is -7.99. The third kappa shape index (κ3) is 6.26. The van der Waals surface area contributed by atoms with Crippen LogP contribution in [-0.4, -0.2) is 19.5 Å². The molecule has 0 N–H and O–H groups in total. The highest BCUT2D eigenvalue weighted by Crippen LogP contribution is 2.42. The molecule has 9 aromatic carbocycles. The molecule has 0 aliphatic heterocycles. The van der Waals surface area contributed by atoms with Gasteiger partial charge in [0, 0.05) is 53.3 Å². The third-order valence-corrected chi connectivity index (χ3v) is 13.1. The highest BCUT2D eigenvalue weighted by molar-refractivity contribution is 7.26. The van der Waals surface area contributed by atoms with Gasteiger partial charge in [-0.3, -0.25) is 0 Å². The van der Waals surface area contributed by atoms with Gasteiger partial charge in [-0.15, -0.1) is 11.3 Å². The zero-order valence-corrected chi connectivity index (χ0v) is 34.3. The fraction of sp³-hybridized carbons (Fsp3) is 0. The molecule has 0 spiro atoms. The van der Waals surface area contributed by atoms with E-state index in [-0.39, 0.29) is 0 Å². The second-order valence-electron chi connectivity index (χ2n) is 15.6. The number of aromatic nitrogens is 4. The lowest BCUT2D eigenvalue weighted by molar-refractivity contribution is 1.07. The first kappa shape index (κ1) is 35.9. The van der Waals surface area contributed by atoms with Crippen LogP contribution in [0.2, 0.25) is 0 Å². The van der Waals surface area contributed by atoms with Crippen LogP contribution in [0.5, 0.6) is 0 Å². The van der Waals surface area contributed by atoms with Gasteiger partial charge in [-0.2, -0.15) is 0 Å². The van der Waals surface area contributed by atoms with Crippen molar-refractivity contribution < 1.29 is 0 Å². The molecular weight excluding hydrogens is 773 g/mol. The molecule has 12 aromatic rings. The molecule has 0 aliphatic rings. The normalized spacial score (nSPS) is 11.5. The van der Waals surface area contributed by atoms with Gasteiger partial charge in [0.2, 0.25) is 0 Å². The van der Waals surface area contributed by atoms with E-state index in [1.165, 1.54) is 58.8 Å². The predicted molar refractivity (Wildman–Crippen MR) is 260 cm³/mol. The molecule has 5 heteroatoms. The maximum Gasteiger partial charge on any atom is 0.164 e. The molecule has 3 aromatic heterocycles. The van der Waals surface area contributed by atoms with Gasteiger partial charge < -0.3 is 4.57 Å². The van der Waals surface area contributed by atoms with Crippen LogP contribution >= 0.6 is 11.3 Å². The summed E-state index contributed by atoms with van der Waals surface area (Å²) in [4.78, 5) is 15.3. The van der Waals surface area contributed by atoms with Gasteiger partial charge in [0.1, 0.15) is 0 Å². The van der Waals surface area contributed by atoms with Crippen molar-refractivity contribution in [1.82, 2.24) is 19.5 Å². The van der Waals surface area contributed by atoms with Crippen LogP contribution in [0.25, 0.3) is 115 Å². The van der Waals surface area contributed by atoms with E-state index in [2.05, 4.69) is 205 Å². The Morgan fingerprint density at radius 2 is 0.806 bits per heavy atom. The van der Waals surface area contributed by atoms with E-state index in [0.717, 1.165) is 39.0 Å². The average molecular weight is 809 g/mol. The van der Waals surface area contributed by atoms with E-state index in [4.69, 9.17) is 15.0 Å². The Morgan fingerprint density at radius 3 is 1.53 bits per heavy atom.